The second kappa shape index (κ2) is 14.3. The maximum absolute atomic E-state index is 13.6. The molecular weight excluding hydrogens is 594 g/mol. The second-order valence-electron chi connectivity index (χ2n) is 12.7. The van der Waals surface area contributed by atoms with Gasteiger partial charge < -0.3 is 25.4 Å². The molecule has 3 aromatic carbocycles. The molecule has 1 aliphatic carbocycles. The molecule has 47 heavy (non-hydrogen) atoms. The van der Waals surface area contributed by atoms with Gasteiger partial charge in [0, 0.05) is 18.8 Å². The largest absolute Gasteiger partial charge is 0.492 e. The molecule has 0 unspecified atom stereocenters. The maximum atomic E-state index is 13.6. The Morgan fingerprint density at radius 2 is 1.74 bits per heavy atom. The highest BCUT2D eigenvalue weighted by molar-refractivity contribution is 6.06. The summed E-state index contributed by atoms with van der Waals surface area (Å²) in [4.78, 5) is 20.3. The number of ether oxygens (including phenoxy) is 2. The fourth-order valence-electron chi connectivity index (χ4n) is 5.07. The molecule has 1 fully saturated rings. The molecule has 0 atom stereocenters. The highest BCUT2D eigenvalue weighted by Gasteiger charge is 2.50. The molecule has 3 aromatic rings. The number of nitrogens with zero attached hydrogens (tertiary/aromatic N) is 2. The van der Waals surface area contributed by atoms with E-state index in [1.807, 2.05) is 55.5 Å². The number of rotatable bonds is 13. The fourth-order valence-corrected chi connectivity index (χ4v) is 5.07. The van der Waals surface area contributed by atoms with Gasteiger partial charge in [-0.3, -0.25) is 25.5 Å². The molecule has 0 aromatic heterocycles. The molecule has 1 saturated carbocycles. The zero-order valence-corrected chi connectivity index (χ0v) is 28.4. The van der Waals surface area contributed by atoms with Gasteiger partial charge in [0.2, 0.25) is 0 Å². The van der Waals surface area contributed by atoms with Gasteiger partial charge in [-0.05, 0) is 66.1 Å². The topological polar surface area (TPSA) is 151 Å². The fraction of sp³-hybridized carbons (Fsp3) is 0.333. The first-order chi connectivity index (χ1) is 22.2. The number of anilines is 3. The van der Waals surface area contributed by atoms with Crippen LogP contribution in [-0.4, -0.2) is 43.5 Å². The van der Waals surface area contributed by atoms with E-state index in [1.54, 1.807) is 24.1 Å². The summed E-state index contributed by atoms with van der Waals surface area (Å²) in [5.74, 6) is 6.83. The van der Waals surface area contributed by atoms with Gasteiger partial charge in [-0.2, -0.15) is 0 Å². The van der Waals surface area contributed by atoms with Crippen molar-refractivity contribution in [3.8, 4) is 5.75 Å². The Morgan fingerprint density at radius 3 is 2.34 bits per heavy atom. The third kappa shape index (κ3) is 8.12. The molecule has 0 bridgehead atoms. The lowest BCUT2D eigenvalue weighted by Gasteiger charge is -2.29. The Balaban J connectivity index is 1.50. The van der Waals surface area contributed by atoms with Crippen molar-refractivity contribution < 1.29 is 19.1 Å². The van der Waals surface area contributed by atoms with Gasteiger partial charge in [0.1, 0.15) is 17.1 Å². The molecule has 0 radical (unpaired) electrons. The van der Waals surface area contributed by atoms with E-state index in [4.69, 9.17) is 31.3 Å². The van der Waals surface area contributed by atoms with Gasteiger partial charge in [-0.15, -0.1) is 0 Å². The van der Waals surface area contributed by atoms with E-state index in [2.05, 4.69) is 38.1 Å². The number of amides is 1. The molecule has 0 spiro atoms. The molecule has 0 saturated heterocycles. The summed E-state index contributed by atoms with van der Waals surface area (Å²) in [5, 5.41) is 13.2. The van der Waals surface area contributed by atoms with Crippen LogP contribution in [0.4, 0.5) is 17.1 Å². The van der Waals surface area contributed by atoms with Crippen molar-refractivity contribution in [2.45, 2.75) is 58.2 Å². The second-order valence-corrected chi connectivity index (χ2v) is 12.7. The first kappa shape index (κ1) is 35.0. The van der Waals surface area contributed by atoms with E-state index >= 15 is 0 Å². The third-order valence-corrected chi connectivity index (χ3v) is 8.21. The lowest BCUT2D eigenvalue weighted by molar-refractivity contribution is 0.0601. The van der Waals surface area contributed by atoms with Crippen LogP contribution in [0.25, 0.3) is 0 Å². The summed E-state index contributed by atoms with van der Waals surface area (Å²) >= 11 is 0. The highest BCUT2D eigenvalue weighted by Crippen LogP contribution is 2.43. The van der Waals surface area contributed by atoms with Gasteiger partial charge in [-0.25, -0.2) is 5.84 Å². The summed E-state index contributed by atoms with van der Waals surface area (Å²) in [5.41, 5.74) is 13.9. The van der Waals surface area contributed by atoms with Gasteiger partial charge in [0.15, 0.2) is 5.75 Å². The minimum absolute atomic E-state index is 0.204. The number of likely N-dealkylation sites (N-methyl/N-ethyl adjacent to an activating group) is 1. The summed E-state index contributed by atoms with van der Waals surface area (Å²) in [6.45, 7) is 12.7. The lowest BCUT2D eigenvalue weighted by Crippen LogP contribution is -2.40. The van der Waals surface area contributed by atoms with Crippen LogP contribution in [0.15, 0.2) is 84.8 Å². The zero-order chi connectivity index (χ0) is 34.5. The van der Waals surface area contributed by atoms with Gasteiger partial charge in [-0.1, -0.05) is 63.7 Å². The molecule has 11 heteroatoms. The molecule has 1 amide bonds. The minimum Gasteiger partial charge on any atom is -0.492 e. The Labute approximate surface area is 277 Å². The van der Waals surface area contributed by atoms with E-state index in [0.717, 1.165) is 29.5 Å². The van der Waals surface area contributed by atoms with Crippen molar-refractivity contribution in [2.75, 3.05) is 37.1 Å². The number of hydrazine groups is 1. The van der Waals surface area contributed by atoms with Crippen molar-refractivity contribution in [1.29, 1.82) is 5.41 Å². The number of methoxy groups -OCH3 is 1. The SMILES string of the molecule is C=C(/C(N)=C/N(N)c1cc(C(=O)Nc2cc(C(C)(C)C)cc(NOC)c2OC)ccc1C)N(C)C(=N)C1(OCc2ccccc2)CC1. The van der Waals surface area contributed by atoms with E-state index in [9.17, 15) is 4.79 Å². The third-order valence-electron chi connectivity index (χ3n) is 8.21. The summed E-state index contributed by atoms with van der Waals surface area (Å²) < 4.78 is 11.8. The molecule has 7 N–H and O–H groups in total. The number of nitrogens with two attached hydrogens (primary N) is 2. The van der Waals surface area contributed by atoms with Crippen LogP contribution in [0.1, 0.15) is 60.7 Å². The Hall–Kier alpha value is -4.84. The maximum Gasteiger partial charge on any atom is 0.255 e. The number of hydrogen-bond donors (Lipinski definition) is 5. The minimum atomic E-state index is -0.677. The van der Waals surface area contributed by atoms with E-state index < -0.39 is 5.60 Å². The van der Waals surface area contributed by atoms with E-state index in [0.29, 0.717) is 40.7 Å². The van der Waals surface area contributed by atoms with Crippen molar-refractivity contribution in [3.63, 3.8) is 0 Å². The van der Waals surface area contributed by atoms with Gasteiger partial charge >= 0.3 is 0 Å². The Bertz CT molecular complexity index is 1660. The van der Waals surface area contributed by atoms with Crippen molar-refractivity contribution in [3.05, 3.63) is 107 Å². The number of aryl methyl sites for hydroxylation is 1. The molecule has 11 nitrogen and oxygen atoms in total. The molecule has 1 aliphatic rings. The highest BCUT2D eigenvalue weighted by atomic mass is 16.6. The van der Waals surface area contributed by atoms with Crippen LogP contribution in [0, 0.1) is 12.3 Å². The predicted octanol–water partition coefficient (Wildman–Crippen LogP) is 6.18. The van der Waals surface area contributed by atoms with Crippen molar-refractivity contribution >= 4 is 28.8 Å². The number of amidine groups is 1. The standard InChI is InChI=1S/C36H47N7O4/c1-23-14-15-26(33(44)40-29-19-27(35(3,4)5)20-30(41-46-8)32(29)45-7)18-31(23)43(39)21-28(37)24(2)42(6)34(38)36(16-17-36)47-22-25-12-10-9-11-13-25/h9-15,18-21,38,41H,2,16-17,22,37,39H2,1,3-8H3,(H,40,44)/b28-21-,38-34?. The first-order valence-electron chi connectivity index (χ1n) is 15.4. The Morgan fingerprint density at radius 1 is 1.09 bits per heavy atom. The first-order valence-corrected chi connectivity index (χ1v) is 15.4. The normalized spacial score (nSPS) is 13.8. The number of hydrogen-bond acceptors (Lipinski definition) is 9. The quantitative estimate of drug-likeness (QED) is 0.0485. The van der Waals surface area contributed by atoms with Crippen molar-refractivity contribution in [1.82, 2.24) is 4.90 Å². The van der Waals surface area contributed by atoms with Crippen LogP contribution in [0.2, 0.25) is 0 Å². The number of nitrogens with one attached hydrogen (secondary N) is 3. The van der Waals surface area contributed by atoms with Crippen LogP contribution >= 0.6 is 0 Å². The molecule has 0 aliphatic heterocycles. The monoisotopic (exact) mass is 641 g/mol. The van der Waals surface area contributed by atoms with Crippen LogP contribution < -0.4 is 32.1 Å². The number of carbonyl (C=O) groups excluding carboxylic acids is 1. The zero-order valence-electron chi connectivity index (χ0n) is 28.4. The van der Waals surface area contributed by atoms with Crippen LogP contribution in [0.5, 0.6) is 5.75 Å². The Kier molecular flexibility index (Phi) is 10.6. The average molecular weight is 642 g/mol. The smallest absolute Gasteiger partial charge is 0.255 e. The van der Waals surface area contributed by atoms with Crippen LogP contribution in [0.3, 0.4) is 0 Å². The van der Waals surface area contributed by atoms with E-state index in [1.165, 1.54) is 25.4 Å². The summed E-state index contributed by atoms with van der Waals surface area (Å²) in [7, 11) is 4.78. The van der Waals surface area contributed by atoms with Gasteiger partial charge in [0.25, 0.3) is 5.91 Å². The van der Waals surface area contributed by atoms with Gasteiger partial charge in [0.05, 0.1) is 43.6 Å². The molecular formula is C36H47N7O4. The van der Waals surface area contributed by atoms with E-state index in [-0.39, 0.29) is 22.9 Å². The van der Waals surface area contributed by atoms with Crippen LogP contribution in [-0.2, 0) is 21.6 Å². The molecule has 4 rings (SSSR count). The average Bonchev–Trinajstić information content (AvgIpc) is 3.84. The lowest BCUT2D eigenvalue weighted by atomic mass is 9.86. The summed E-state index contributed by atoms with van der Waals surface area (Å²) in [6, 6.07) is 18.9. The summed E-state index contributed by atoms with van der Waals surface area (Å²) in [6.07, 6.45) is 3.01. The predicted molar refractivity (Wildman–Crippen MR) is 188 cm³/mol. The number of benzene rings is 3. The molecule has 0 heterocycles. The number of carbonyl (C=O) groups is 1. The van der Waals surface area contributed by atoms with Crippen molar-refractivity contribution in [2.24, 2.45) is 11.6 Å². The molecule has 250 valence electrons.